The number of hydrogen-bond acceptors (Lipinski definition) is 3. The Kier molecular flexibility index (Phi) is 6.36. The van der Waals surface area contributed by atoms with Crippen molar-refractivity contribution in [3.63, 3.8) is 0 Å². The van der Waals surface area contributed by atoms with Crippen LogP contribution in [0.25, 0.3) is 11.1 Å². The summed E-state index contributed by atoms with van der Waals surface area (Å²) in [5.74, 6) is -0.339. The molecule has 128 valence electrons. The number of aromatic amines is 1. The summed E-state index contributed by atoms with van der Waals surface area (Å²) in [7, 11) is 0. The van der Waals surface area contributed by atoms with E-state index in [0.29, 0.717) is 11.1 Å². The molecule has 0 unspecified atom stereocenters. The Morgan fingerprint density at radius 3 is 2.08 bits per heavy atom. The average molecular weight is 326 g/mol. The molecule has 0 saturated carbocycles. The fraction of sp³-hybridized carbons (Fsp3) is 0.400. The van der Waals surface area contributed by atoms with Gasteiger partial charge < -0.3 is 9.72 Å². The van der Waals surface area contributed by atoms with E-state index in [4.69, 9.17) is 10.00 Å². The first-order chi connectivity index (χ1) is 11.2. The Bertz CT molecular complexity index is 742. The topological polar surface area (TPSA) is 65.9 Å². The fourth-order valence-corrected chi connectivity index (χ4v) is 2.44. The van der Waals surface area contributed by atoms with Gasteiger partial charge in [0, 0.05) is 17.0 Å². The molecule has 2 rings (SSSR count). The van der Waals surface area contributed by atoms with Crippen molar-refractivity contribution in [1.82, 2.24) is 4.98 Å². The third-order valence-electron chi connectivity index (χ3n) is 3.28. The van der Waals surface area contributed by atoms with Crippen LogP contribution in [0.1, 0.15) is 61.9 Å². The SMILES string of the molecule is CC.Cc1[nH]c(C)c(-c2ccc(C#N)cc2)c1C(=O)OC(C)(C)C. The van der Waals surface area contributed by atoms with Crippen LogP contribution in [0.5, 0.6) is 0 Å². The van der Waals surface area contributed by atoms with Crippen LogP contribution in [0.3, 0.4) is 0 Å². The van der Waals surface area contributed by atoms with E-state index in [1.54, 1.807) is 12.1 Å². The molecule has 0 fully saturated rings. The molecule has 0 aliphatic rings. The van der Waals surface area contributed by atoms with Crippen molar-refractivity contribution in [2.45, 2.75) is 54.1 Å². The molecule has 1 heterocycles. The van der Waals surface area contributed by atoms with Crippen LogP contribution < -0.4 is 0 Å². The third kappa shape index (κ3) is 4.48. The molecule has 1 N–H and O–H groups in total. The first-order valence-electron chi connectivity index (χ1n) is 8.16. The van der Waals surface area contributed by atoms with Crippen LogP contribution in [-0.2, 0) is 4.74 Å². The number of hydrogen-bond donors (Lipinski definition) is 1. The lowest BCUT2D eigenvalue weighted by molar-refractivity contribution is 0.00698. The second kappa shape index (κ2) is 7.83. The number of carbonyl (C=O) groups is 1. The van der Waals surface area contributed by atoms with Crippen molar-refractivity contribution in [2.75, 3.05) is 0 Å². The van der Waals surface area contributed by atoms with Crippen molar-refractivity contribution >= 4 is 5.97 Å². The van der Waals surface area contributed by atoms with E-state index >= 15 is 0 Å². The number of nitriles is 1. The minimum Gasteiger partial charge on any atom is -0.456 e. The standard InChI is InChI=1S/C18H20N2O2.C2H6/c1-11-15(14-8-6-13(10-19)7-9-14)16(12(2)20-11)17(21)22-18(3,4)5;1-2/h6-9,20H,1-5H3;1-2H3. The van der Waals surface area contributed by atoms with Crippen LogP contribution in [0, 0.1) is 25.2 Å². The lowest BCUT2D eigenvalue weighted by Gasteiger charge is -2.20. The number of carbonyl (C=O) groups excluding carboxylic acids is 1. The molecule has 0 aliphatic carbocycles. The number of ether oxygens (including phenoxy) is 1. The van der Waals surface area contributed by atoms with E-state index in [-0.39, 0.29) is 5.97 Å². The molecular formula is C20H26N2O2. The summed E-state index contributed by atoms with van der Waals surface area (Å²) in [4.78, 5) is 15.7. The highest BCUT2D eigenvalue weighted by Crippen LogP contribution is 2.31. The summed E-state index contributed by atoms with van der Waals surface area (Å²) in [6, 6.07) is 9.28. The molecule has 4 heteroatoms. The van der Waals surface area contributed by atoms with Crippen molar-refractivity contribution in [2.24, 2.45) is 0 Å². The zero-order valence-corrected chi connectivity index (χ0v) is 15.6. The molecule has 0 atom stereocenters. The summed E-state index contributed by atoms with van der Waals surface area (Å²) in [6.45, 7) is 13.3. The number of esters is 1. The van der Waals surface area contributed by atoms with Gasteiger partial charge in [0.05, 0.1) is 17.2 Å². The molecule has 2 aromatic rings. The normalized spacial score (nSPS) is 10.4. The molecule has 1 aromatic carbocycles. The third-order valence-corrected chi connectivity index (χ3v) is 3.28. The molecular weight excluding hydrogens is 300 g/mol. The van der Waals surface area contributed by atoms with Gasteiger partial charge in [0.1, 0.15) is 5.60 Å². The van der Waals surface area contributed by atoms with Crippen LogP contribution >= 0.6 is 0 Å². The minimum absolute atomic E-state index is 0.339. The van der Waals surface area contributed by atoms with Gasteiger partial charge >= 0.3 is 5.97 Å². The summed E-state index contributed by atoms with van der Waals surface area (Å²) in [5.41, 5.74) is 4.01. The van der Waals surface area contributed by atoms with Gasteiger partial charge in [0.15, 0.2) is 0 Å². The number of aromatic nitrogens is 1. The Labute approximate surface area is 144 Å². The van der Waals surface area contributed by atoms with Crippen LogP contribution in [0.2, 0.25) is 0 Å². The van der Waals surface area contributed by atoms with Crippen molar-refractivity contribution < 1.29 is 9.53 Å². The van der Waals surface area contributed by atoms with E-state index in [0.717, 1.165) is 22.5 Å². The Balaban J connectivity index is 0.00000139. The molecule has 1 aromatic heterocycles. The van der Waals surface area contributed by atoms with Gasteiger partial charge in [-0.15, -0.1) is 0 Å². The Morgan fingerprint density at radius 1 is 1.08 bits per heavy atom. The lowest BCUT2D eigenvalue weighted by Crippen LogP contribution is -2.24. The van der Waals surface area contributed by atoms with Crippen LogP contribution in [-0.4, -0.2) is 16.6 Å². The molecule has 0 bridgehead atoms. The van der Waals surface area contributed by atoms with Gasteiger partial charge in [-0.05, 0) is 52.3 Å². The summed E-state index contributed by atoms with van der Waals surface area (Å²) in [5, 5.41) is 8.90. The second-order valence-electron chi connectivity index (χ2n) is 6.32. The minimum atomic E-state index is -0.545. The zero-order chi connectivity index (χ0) is 18.5. The highest BCUT2D eigenvalue weighted by molar-refractivity contribution is 5.99. The van der Waals surface area contributed by atoms with Gasteiger partial charge in [-0.3, -0.25) is 0 Å². The predicted octanol–water partition coefficient (Wildman–Crippen LogP) is 5.15. The van der Waals surface area contributed by atoms with E-state index in [1.807, 2.05) is 60.6 Å². The maximum absolute atomic E-state index is 12.5. The molecule has 4 nitrogen and oxygen atoms in total. The number of benzene rings is 1. The van der Waals surface area contributed by atoms with Crippen molar-refractivity contribution in [3.05, 3.63) is 46.8 Å². The highest BCUT2D eigenvalue weighted by Gasteiger charge is 2.25. The van der Waals surface area contributed by atoms with Gasteiger partial charge in [-0.1, -0.05) is 26.0 Å². The second-order valence-corrected chi connectivity index (χ2v) is 6.32. The highest BCUT2D eigenvalue weighted by atomic mass is 16.6. The Hall–Kier alpha value is -2.54. The lowest BCUT2D eigenvalue weighted by atomic mass is 9.99. The smallest absolute Gasteiger partial charge is 0.341 e. The first kappa shape index (κ1) is 19.5. The molecule has 0 saturated heterocycles. The number of H-pyrrole nitrogens is 1. The predicted molar refractivity (Wildman–Crippen MR) is 96.9 cm³/mol. The van der Waals surface area contributed by atoms with Gasteiger partial charge in [-0.2, -0.15) is 5.26 Å². The molecule has 24 heavy (non-hydrogen) atoms. The average Bonchev–Trinajstić information content (AvgIpc) is 2.82. The quantitative estimate of drug-likeness (QED) is 0.776. The van der Waals surface area contributed by atoms with Gasteiger partial charge in [0.2, 0.25) is 0 Å². The van der Waals surface area contributed by atoms with Gasteiger partial charge in [0.25, 0.3) is 0 Å². The summed E-state index contributed by atoms with van der Waals surface area (Å²) >= 11 is 0. The molecule has 0 radical (unpaired) electrons. The molecule has 0 aliphatic heterocycles. The van der Waals surface area contributed by atoms with Gasteiger partial charge in [-0.25, -0.2) is 4.79 Å². The maximum Gasteiger partial charge on any atom is 0.341 e. The van der Waals surface area contributed by atoms with E-state index in [1.165, 1.54) is 0 Å². The summed E-state index contributed by atoms with van der Waals surface area (Å²) in [6.07, 6.45) is 0. The molecule has 0 amide bonds. The Morgan fingerprint density at radius 2 is 1.62 bits per heavy atom. The largest absolute Gasteiger partial charge is 0.456 e. The van der Waals surface area contributed by atoms with Crippen LogP contribution in [0.15, 0.2) is 24.3 Å². The van der Waals surface area contributed by atoms with Crippen LogP contribution in [0.4, 0.5) is 0 Å². The van der Waals surface area contributed by atoms with Crippen molar-refractivity contribution in [3.8, 4) is 17.2 Å². The number of rotatable bonds is 2. The van der Waals surface area contributed by atoms with E-state index < -0.39 is 5.60 Å². The fourth-order valence-electron chi connectivity index (χ4n) is 2.44. The first-order valence-corrected chi connectivity index (χ1v) is 8.16. The number of nitrogens with zero attached hydrogens (tertiary/aromatic N) is 1. The number of nitrogens with one attached hydrogen (secondary N) is 1. The number of aryl methyl sites for hydroxylation is 2. The summed E-state index contributed by atoms with van der Waals surface area (Å²) < 4.78 is 5.51. The van der Waals surface area contributed by atoms with E-state index in [2.05, 4.69) is 11.1 Å². The molecule has 0 spiro atoms. The van der Waals surface area contributed by atoms with E-state index in [9.17, 15) is 4.79 Å². The van der Waals surface area contributed by atoms with Crippen molar-refractivity contribution in [1.29, 1.82) is 5.26 Å². The zero-order valence-electron chi connectivity index (χ0n) is 15.6. The monoisotopic (exact) mass is 326 g/mol. The maximum atomic E-state index is 12.5.